The first kappa shape index (κ1) is 12.3. The number of benzene rings is 2. The predicted molar refractivity (Wildman–Crippen MR) is 77.8 cm³/mol. The lowest BCUT2D eigenvalue weighted by Gasteiger charge is -2.28. The maximum atomic E-state index is 12.2. The summed E-state index contributed by atoms with van der Waals surface area (Å²) in [6, 6.07) is 10.8. The SMILES string of the molecule is O=C1NC(c2cc3c(cc2Cl)OCO3)Nc2ccccc21. The second-order valence-electron chi connectivity index (χ2n) is 4.82. The maximum Gasteiger partial charge on any atom is 0.255 e. The average molecular weight is 303 g/mol. The molecule has 106 valence electrons. The zero-order valence-corrected chi connectivity index (χ0v) is 11.6. The van der Waals surface area contributed by atoms with Crippen LogP contribution in [-0.4, -0.2) is 12.7 Å². The van der Waals surface area contributed by atoms with Crippen LogP contribution in [0.5, 0.6) is 11.5 Å². The van der Waals surface area contributed by atoms with Crippen LogP contribution in [0.3, 0.4) is 0 Å². The number of ether oxygens (including phenoxy) is 2. The Balaban J connectivity index is 1.74. The van der Waals surface area contributed by atoms with Gasteiger partial charge in [0.25, 0.3) is 5.91 Å². The molecular weight excluding hydrogens is 292 g/mol. The first-order chi connectivity index (χ1) is 10.2. The smallest absolute Gasteiger partial charge is 0.255 e. The summed E-state index contributed by atoms with van der Waals surface area (Å²) >= 11 is 6.29. The molecule has 1 atom stereocenters. The molecule has 1 unspecified atom stereocenters. The minimum absolute atomic E-state index is 0.136. The van der Waals surface area contributed by atoms with E-state index < -0.39 is 6.17 Å². The summed E-state index contributed by atoms with van der Waals surface area (Å²) in [4.78, 5) is 12.2. The number of halogens is 1. The van der Waals surface area contributed by atoms with E-state index in [0.717, 1.165) is 11.3 Å². The molecule has 2 N–H and O–H groups in total. The van der Waals surface area contributed by atoms with Crippen LogP contribution in [0.25, 0.3) is 0 Å². The summed E-state index contributed by atoms with van der Waals surface area (Å²) in [5.74, 6) is 1.11. The molecule has 2 aromatic rings. The lowest BCUT2D eigenvalue weighted by Crippen LogP contribution is -2.38. The van der Waals surface area contributed by atoms with Crippen LogP contribution in [0.2, 0.25) is 5.02 Å². The van der Waals surface area contributed by atoms with Gasteiger partial charge >= 0.3 is 0 Å². The molecule has 4 rings (SSSR count). The Morgan fingerprint density at radius 2 is 1.86 bits per heavy atom. The standard InChI is InChI=1S/C15H11ClN2O3/c16-10-6-13-12(20-7-21-13)5-9(10)14-17-11-4-2-1-3-8(11)15(19)18-14/h1-6,14,17H,7H2,(H,18,19). The maximum absolute atomic E-state index is 12.2. The van der Waals surface area contributed by atoms with Crippen molar-refractivity contribution in [3.8, 4) is 11.5 Å². The largest absolute Gasteiger partial charge is 0.454 e. The van der Waals surface area contributed by atoms with Crippen molar-refractivity contribution in [2.75, 3.05) is 12.1 Å². The Kier molecular flexibility index (Phi) is 2.68. The van der Waals surface area contributed by atoms with Crippen LogP contribution in [0.1, 0.15) is 22.1 Å². The Bertz CT molecular complexity index is 748. The fourth-order valence-corrected chi connectivity index (χ4v) is 2.78. The number of carbonyl (C=O) groups excluding carboxylic acids is 1. The molecule has 2 heterocycles. The van der Waals surface area contributed by atoms with Crippen molar-refractivity contribution in [2.45, 2.75) is 6.17 Å². The quantitative estimate of drug-likeness (QED) is 0.850. The van der Waals surface area contributed by atoms with E-state index in [1.165, 1.54) is 0 Å². The number of anilines is 1. The Labute approximate surface area is 125 Å². The first-order valence-electron chi connectivity index (χ1n) is 6.48. The van der Waals surface area contributed by atoms with Crippen LogP contribution < -0.4 is 20.1 Å². The summed E-state index contributed by atoms with van der Waals surface area (Å²) in [5.41, 5.74) is 2.13. The lowest BCUT2D eigenvalue weighted by atomic mass is 10.1. The summed E-state index contributed by atoms with van der Waals surface area (Å²) < 4.78 is 10.6. The minimum Gasteiger partial charge on any atom is -0.454 e. The molecule has 0 saturated carbocycles. The van der Waals surface area contributed by atoms with Crippen LogP contribution in [-0.2, 0) is 0 Å². The summed E-state index contributed by atoms with van der Waals surface area (Å²) in [5, 5.41) is 6.66. The molecule has 2 aromatic carbocycles. The van der Waals surface area contributed by atoms with Crippen molar-refractivity contribution in [1.82, 2.24) is 5.32 Å². The molecule has 0 spiro atoms. The number of nitrogens with one attached hydrogen (secondary N) is 2. The normalized spacial score (nSPS) is 18.7. The number of hydrogen-bond acceptors (Lipinski definition) is 4. The molecule has 0 aliphatic carbocycles. The van der Waals surface area contributed by atoms with Gasteiger partial charge in [-0.2, -0.15) is 0 Å². The van der Waals surface area contributed by atoms with Crippen LogP contribution in [0, 0.1) is 0 Å². The number of amides is 1. The highest BCUT2D eigenvalue weighted by atomic mass is 35.5. The van der Waals surface area contributed by atoms with Crippen LogP contribution in [0.15, 0.2) is 36.4 Å². The number of carbonyl (C=O) groups is 1. The molecule has 2 aliphatic rings. The molecule has 0 radical (unpaired) electrons. The van der Waals surface area contributed by atoms with Crippen molar-refractivity contribution in [2.24, 2.45) is 0 Å². The summed E-state index contributed by atoms with van der Waals surface area (Å²) in [7, 11) is 0. The lowest BCUT2D eigenvalue weighted by molar-refractivity contribution is 0.0935. The molecule has 2 aliphatic heterocycles. The molecule has 0 bridgehead atoms. The van der Waals surface area contributed by atoms with Crippen molar-refractivity contribution < 1.29 is 14.3 Å². The highest BCUT2D eigenvalue weighted by Crippen LogP contribution is 2.40. The van der Waals surface area contributed by atoms with Crippen LogP contribution >= 0.6 is 11.6 Å². The zero-order valence-electron chi connectivity index (χ0n) is 10.9. The second kappa shape index (κ2) is 4.56. The third-order valence-corrected chi connectivity index (χ3v) is 3.88. The molecule has 5 nitrogen and oxygen atoms in total. The van der Waals surface area contributed by atoms with Crippen molar-refractivity contribution in [3.05, 3.63) is 52.5 Å². The van der Waals surface area contributed by atoms with Gasteiger partial charge in [0.15, 0.2) is 11.5 Å². The van der Waals surface area contributed by atoms with Gasteiger partial charge in [-0.3, -0.25) is 4.79 Å². The fraction of sp³-hybridized carbons (Fsp3) is 0.133. The Hall–Kier alpha value is -2.40. The predicted octanol–water partition coefficient (Wildman–Crippen LogP) is 2.92. The molecular formula is C15H11ClN2O3. The van der Waals surface area contributed by atoms with E-state index in [0.29, 0.717) is 22.1 Å². The third kappa shape index (κ3) is 1.97. The second-order valence-corrected chi connectivity index (χ2v) is 5.23. The average Bonchev–Trinajstić information content (AvgIpc) is 2.93. The van der Waals surface area contributed by atoms with Gasteiger partial charge in [0.2, 0.25) is 6.79 Å². The number of fused-ring (bicyclic) bond motifs is 2. The van der Waals surface area contributed by atoms with Gasteiger partial charge in [-0.15, -0.1) is 0 Å². The van der Waals surface area contributed by atoms with Gasteiger partial charge in [0.05, 0.1) is 10.6 Å². The molecule has 0 aromatic heterocycles. The van der Waals surface area contributed by atoms with E-state index in [9.17, 15) is 4.79 Å². The van der Waals surface area contributed by atoms with E-state index in [1.807, 2.05) is 18.2 Å². The fourth-order valence-electron chi connectivity index (χ4n) is 2.52. The monoisotopic (exact) mass is 302 g/mol. The molecule has 21 heavy (non-hydrogen) atoms. The van der Waals surface area contributed by atoms with Gasteiger partial charge < -0.3 is 20.1 Å². The summed E-state index contributed by atoms with van der Waals surface area (Å²) in [6.07, 6.45) is -0.408. The zero-order chi connectivity index (χ0) is 14.4. The molecule has 6 heteroatoms. The van der Waals surface area contributed by atoms with Crippen LogP contribution in [0.4, 0.5) is 5.69 Å². The van der Waals surface area contributed by atoms with Gasteiger partial charge in [-0.05, 0) is 18.2 Å². The van der Waals surface area contributed by atoms with E-state index in [1.54, 1.807) is 18.2 Å². The molecule has 0 fully saturated rings. The summed E-state index contributed by atoms with van der Waals surface area (Å²) in [6.45, 7) is 0.183. The van der Waals surface area contributed by atoms with E-state index in [4.69, 9.17) is 21.1 Å². The molecule has 0 saturated heterocycles. The van der Waals surface area contributed by atoms with Gasteiger partial charge in [0.1, 0.15) is 6.17 Å². The van der Waals surface area contributed by atoms with Crippen molar-refractivity contribution >= 4 is 23.2 Å². The van der Waals surface area contributed by atoms with Gasteiger partial charge in [-0.25, -0.2) is 0 Å². The highest BCUT2D eigenvalue weighted by molar-refractivity contribution is 6.31. The van der Waals surface area contributed by atoms with E-state index in [2.05, 4.69) is 10.6 Å². The minimum atomic E-state index is -0.408. The Morgan fingerprint density at radius 3 is 2.71 bits per heavy atom. The number of hydrogen-bond donors (Lipinski definition) is 2. The topological polar surface area (TPSA) is 59.6 Å². The van der Waals surface area contributed by atoms with E-state index in [-0.39, 0.29) is 12.7 Å². The van der Waals surface area contributed by atoms with Gasteiger partial charge in [0, 0.05) is 17.3 Å². The number of para-hydroxylation sites is 1. The van der Waals surface area contributed by atoms with Gasteiger partial charge in [-0.1, -0.05) is 23.7 Å². The van der Waals surface area contributed by atoms with Crippen molar-refractivity contribution in [3.63, 3.8) is 0 Å². The van der Waals surface area contributed by atoms with E-state index >= 15 is 0 Å². The first-order valence-corrected chi connectivity index (χ1v) is 6.85. The number of rotatable bonds is 1. The third-order valence-electron chi connectivity index (χ3n) is 3.55. The molecule has 1 amide bonds. The Morgan fingerprint density at radius 1 is 1.10 bits per heavy atom. The highest BCUT2D eigenvalue weighted by Gasteiger charge is 2.27. The van der Waals surface area contributed by atoms with Crippen molar-refractivity contribution in [1.29, 1.82) is 0 Å².